The molecule has 0 spiro atoms. The van der Waals surface area contributed by atoms with E-state index in [0.29, 0.717) is 13.0 Å². The number of aliphatic hydroxyl groups is 1. The van der Waals surface area contributed by atoms with Gasteiger partial charge in [-0.15, -0.1) is 0 Å². The van der Waals surface area contributed by atoms with Gasteiger partial charge in [0.1, 0.15) is 5.75 Å². The molecule has 0 aromatic heterocycles. The molecule has 4 rings (SSSR count). The van der Waals surface area contributed by atoms with E-state index in [4.69, 9.17) is 4.74 Å². The van der Waals surface area contributed by atoms with E-state index < -0.39 is 0 Å². The molecule has 0 saturated heterocycles. The Bertz CT molecular complexity index is 875. The van der Waals surface area contributed by atoms with Crippen molar-refractivity contribution < 1.29 is 9.84 Å². The number of ether oxygens (including phenoxy) is 1. The van der Waals surface area contributed by atoms with Crippen molar-refractivity contribution in [3.8, 4) is 5.75 Å². The monoisotopic (exact) mass is 319 g/mol. The van der Waals surface area contributed by atoms with E-state index in [2.05, 4.69) is 35.6 Å². The van der Waals surface area contributed by atoms with Crippen LogP contribution in [0.1, 0.15) is 22.7 Å². The maximum absolute atomic E-state index is 10.4. The van der Waals surface area contributed by atoms with E-state index in [0.717, 1.165) is 11.3 Å². The standard InChI is InChI=1S/C21H21NO2/c1-24-20-11-10-14-6-2-4-8-16(14)18(20)13-22-21-17-9-5-3-7-15(17)12-19(21)23/h2-11,19,21-23H,12-13H2,1H3/t19-,21+/m1/s1. The van der Waals surface area contributed by atoms with Gasteiger partial charge in [-0.05, 0) is 28.0 Å². The first kappa shape index (κ1) is 15.2. The van der Waals surface area contributed by atoms with Crippen LogP contribution in [0.3, 0.4) is 0 Å². The summed E-state index contributed by atoms with van der Waals surface area (Å²) in [6.07, 6.45) is 0.323. The fraction of sp³-hybridized carbons (Fsp3) is 0.238. The van der Waals surface area contributed by atoms with Crippen LogP contribution >= 0.6 is 0 Å². The zero-order chi connectivity index (χ0) is 16.5. The zero-order valence-electron chi connectivity index (χ0n) is 13.7. The van der Waals surface area contributed by atoms with Crippen molar-refractivity contribution in [1.29, 1.82) is 0 Å². The summed E-state index contributed by atoms with van der Waals surface area (Å²) in [7, 11) is 1.70. The molecule has 0 saturated carbocycles. The Morgan fingerprint density at radius 2 is 1.83 bits per heavy atom. The number of hydrogen-bond donors (Lipinski definition) is 2. The molecular formula is C21H21NO2. The van der Waals surface area contributed by atoms with Crippen LogP contribution in [0, 0.1) is 0 Å². The normalized spacial score (nSPS) is 19.4. The topological polar surface area (TPSA) is 41.5 Å². The number of rotatable bonds is 4. The Morgan fingerprint density at radius 3 is 2.71 bits per heavy atom. The van der Waals surface area contributed by atoms with Gasteiger partial charge in [-0.3, -0.25) is 0 Å². The van der Waals surface area contributed by atoms with Crippen LogP contribution < -0.4 is 10.1 Å². The van der Waals surface area contributed by atoms with Crippen LogP contribution in [0.5, 0.6) is 5.75 Å². The van der Waals surface area contributed by atoms with Crippen LogP contribution in [0.2, 0.25) is 0 Å². The minimum Gasteiger partial charge on any atom is -0.496 e. The summed E-state index contributed by atoms with van der Waals surface area (Å²) in [6.45, 7) is 0.653. The predicted molar refractivity (Wildman–Crippen MR) is 96.2 cm³/mol. The third-order valence-electron chi connectivity index (χ3n) is 4.92. The molecule has 3 heteroatoms. The van der Waals surface area contributed by atoms with Gasteiger partial charge in [-0.1, -0.05) is 54.6 Å². The number of nitrogens with one attached hydrogen (secondary N) is 1. The van der Waals surface area contributed by atoms with Gasteiger partial charge in [0.15, 0.2) is 0 Å². The highest BCUT2D eigenvalue weighted by atomic mass is 16.5. The number of aliphatic hydroxyl groups excluding tert-OH is 1. The lowest BCUT2D eigenvalue weighted by Crippen LogP contribution is -2.28. The molecule has 1 aliphatic carbocycles. The third-order valence-corrected chi connectivity index (χ3v) is 4.92. The van der Waals surface area contributed by atoms with E-state index in [1.807, 2.05) is 30.3 Å². The summed E-state index contributed by atoms with van der Waals surface area (Å²) in [4.78, 5) is 0. The highest BCUT2D eigenvalue weighted by Crippen LogP contribution is 2.33. The van der Waals surface area contributed by atoms with Gasteiger partial charge in [0, 0.05) is 18.5 Å². The van der Waals surface area contributed by atoms with Gasteiger partial charge >= 0.3 is 0 Å². The van der Waals surface area contributed by atoms with Crippen LogP contribution in [0.15, 0.2) is 60.7 Å². The molecule has 0 fully saturated rings. The van der Waals surface area contributed by atoms with Gasteiger partial charge in [-0.25, -0.2) is 0 Å². The Balaban J connectivity index is 1.66. The predicted octanol–water partition coefficient (Wildman–Crippen LogP) is 3.60. The highest BCUT2D eigenvalue weighted by Gasteiger charge is 2.30. The lowest BCUT2D eigenvalue weighted by atomic mass is 10.0. The van der Waals surface area contributed by atoms with E-state index in [1.54, 1.807) is 7.11 Å². The lowest BCUT2D eigenvalue weighted by molar-refractivity contribution is 0.140. The van der Waals surface area contributed by atoms with Crippen LogP contribution in [0.4, 0.5) is 0 Å². The third kappa shape index (κ3) is 2.56. The van der Waals surface area contributed by atoms with Crippen molar-refractivity contribution in [3.63, 3.8) is 0 Å². The number of fused-ring (bicyclic) bond motifs is 2. The smallest absolute Gasteiger partial charge is 0.123 e. The molecule has 3 aromatic rings. The lowest BCUT2D eigenvalue weighted by Gasteiger charge is -2.20. The quantitative estimate of drug-likeness (QED) is 0.772. The molecule has 0 unspecified atom stereocenters. The molecule has 24 heavy (non-hydrogen) atoms. The molecule has 1 aliphatic rings. The first-order valence-electron chi connectivity index (χ1n) is 8.32. The molecule has 2 N–H and O–H groups in total. The van der Waals surface area contributed by atoms with Crippen molar-refractivity contribution in [2.45, 2.75) is 25.1 Å². The van der Waals surface area contributed by atoms with E-state index in [1.165, 1.54) is 21.9 Å². The summed E-state index contributed by atoms with van der Waals surface area (Å²) in [6, 6.07) is 20.6. The van der Waals surface area contributed by atoms with E-state index >= 15 is 0 Å². The second-order valence-electron chi connectivity index (χ2n) is 6.30. The first-order chi connectivity index (χ1) is 11.8. The maximum atomic E-state index is 10.4. The van der Waals surface area contributed by atoms with Crippen LogP contribution in [-0.2, 0) is 13.0 Å². The molecule has 3 nitrogen and oxygen atoms in total. The van der Waals surface area contributed by atoms with Gasteiger partial charge in [0.2, 0.25) is 0 Å². The molecule has 0 radical (unpaired) electrons. The van der Waals surface area contributed by atoms with Crippen molar-refractivity contribution in [2.24, 2.45) is 0 Å². The fourth-order valence-electron chi connectivity index (χ4n) is 3.72. The highest BCUT2D eigenvalue weighted by molar-refractivity contribution is 5.87. The van der Waals surface area contributed by atoms with Crippen molar-refractivity contribution in [1.82, 2.24) is 5.32 Å². The van der Waals surface area contributed by atoms with E-state index in [-0.39, 0.29) is 12.1 Å². The Morgan fingerprint density at radius 1 is 1.04 bits per heavy atom. The number of hydrogen-bond acceptors (Lipinski definition) is 3. The van der Waals surface area contributed by atoms with Crippen molar-refractivity contribution in [2.75, 3.05) is 7.11 Å². The Kier molecular flexibility index (Phi) is 3.97. The zero-order valence-corrected chi connectivity index (χ0v) is 13.7. The minimum absolute atomic E-state index is 0.0372. The molecule has 0 aliphatic heterocycles. The molecule has 0 bridgehead atoms. The average Bonchev–Trinajstić information content (AvgIpc) is 2.94. The Labute approximate surface area is 141 Å². The molecule has 122 valence electrons. The summed E-state index contributed by atoms with van der Waals surface area (Å²) in [5.41, 5.74) is 3.56. The second kappa shape index (κ2) is 6.27. The number of methoxy groups -OCH3 is 1. The number of benzene rings is 3. The average molecular weight is 319 g/mol. The largest absolute Gasteiger partial charge is 0.496 e. The maximum Gasteiger partial charge on any atom is 0.123 e. The molecule has 3 aromatic carbocycles. The Hall–Kier alpha value is -2.36. The SMILES string of the molecule is COc1ccc2ccccc2c1CN[C@H]1c2ccccc2C[C@H]1O. The van der Waals surface area contributed by atoms with Crippen LogP contribution in [-0.4, -0.2) is 18.3 Å². The van der Waals surface area contributed by atoms with E-state index in [9.17, 15) is 5.11 Å². The summed E-state index contributed by atoms with van der Waals surface area (Å²) < 4.78 is 5.56. The summed E-state index contributed by atoms with van der Waals surface area (Å²) >= 11 is 0. The van der Waals surface area contributed by atoms with Gasteiger partial charge in [0.05, 0.1) is 19.3 Å². The van der Waals surface area contributed by atoms with Crippen molar-refractivity contribution in [3.05, 3.63) is 77.4 Å². The van der Waals surface area contributed by atoms with Crippen molar-refractivity contribution >= 4 is 10.8 Å². The summed E-state index contributed by atoms with van der Waals surface area (Å²) in [5.74, 6) is 0.877. The summed E-state index contributed by atoms with van der Waals surface area (Å²) in [5, 5.41) is 16.4. The van der Waals surface area contributed by atoms with Gasteiger partial charge in [0.25, 0.3) is 0 Å². The fourth-order valence-corrected chi connectivity index (χ4v) is 3.72. The molecule has 0 amide bonds. The second-order valence-corrected chi connectivity index (χ2v) is 6.30. The molecular weight excluding hydrogens is 298 g/mol. The van der Waals surface area contributed by atoms with Gasteiger partial charge in [-0.2, -0.15) is 0 Å². The minimum atomic E-state index is -0.386. The first-order valence-corrected chi connectivity index (χ1v) is 8.32. The van der Waals surface area contributed by atoms with Crippen LogP contribution in [0.25, 0.3) is 10.8 Å². The molecule has 0 heterocycles. The molecule has 2 atom stereocenters. The van der Waals surface area contributed by atoms with Gasteiger partial charge < -0.3 is 15.2 Å².